The van der Waals surface area contributed by atoms with E-state index in [-0.39, 0.29) is 0 Å². The minimum Gasteiger partial charge on any atom is -0.366 e. The second-order valence-corrected chi connectivity index (χ2v) is 4.26. The lowest BCUT2D eigenvalue weighted by atomic mass is 10.1. The van der Waals surface area contributed by atoms with E-state index in [9.17, 15) is 0 Å². The summed E-state index contributed by atoms with van der Waals surface area (Å²) in [5, 5.41) is 12.0. The molecule has 19 heavy (non-hydrogen) atoms. The van der Waals surface area contributed by atoms with Crippen molar-refractivity contribution in [3.8, 4) is 6.19 Å². The Morgan fingerprint density at radius 1 is 1.26 bits per heavy atom. The van der Waals surface area contributed by atoms with E-state index in [0.29, 0.717) is 18.2 Å². The van der Waals surface area contributed by atoms with E-state index in [1.807, 2.05) is 6.19 Å². The third-order valence-corrected chi connectivity index (χ3v) is 2.74. The first-order chi connectivity index (χ1) is 9.19. The minimum absolute atomic E-state index is 0.573. The number of nitrogens with zero attached hydrogens (tertiary/aromatic N) is 4. The van der Waals surface area contributed by atoms with Crippen LogP contribution in [0.2, 0.25) is 0 Å². The van der Waals surface area contributed by atoms with E-state index in [1.165, 1.54) is 22.4 Å². The zero-order valence-electron chi connectivity index (χ0n) is 11.0. The third kappa shape index (κ3) is 3.42. The van der Waals surface area contributed by atoms with Crippen molar-refractivity contribution in [2.45, 2.75) is 13.5 Å². The van der Waals surface area contributed by atoms with Gasteiger partial charge in [-0.2, -0.15) is 5.26 Å². The van der Waals surface area contributed by atoms with Gasteiger partial charge in [-0.1, -0.05) is 29.8 Å². The van der Waals surface area contributed by atoms with Crippen LogP contribution in [0.3, 0.4) is 0 Å². The number of hydrogen-bond donors (Lipinski definition) is 1. The Kier molecular flexibility index (Phi) is 3.94. The van der Waals surface area contributed by atoms with E-state index in [2.05, 4.69) is 46.5 Å². The van der Waals surface area contributed by atoms with Crippen molar-refractivity contribution < 1.29 is 0 Å². The quantitative estimate of drug-likeness (QED) is 0.669. The molecule has 0 aliphatic rings. The highest BCUT2D eigenvalue weighted by molar-refractivity contribution is 5.50. The highest BCUT2D eigenvalue weighted by Gasteiger charge is 2.03. The highest BCUT2D eigenvalue weighted by Crippen LogP contribution is 2.13. The predicted octanol–water partition coefficient (Wildman–Crippen LogP) is 2.31. The lowest BCUT2D eigenvalue weighted by molar-refractivity contribution is 1.05. The van der Waals surface area contributed by atoms with Crippen molar-refractivity contribution in [2.24, 2.45) is 0 Å². The average Bonchev–Trinajstić information content (AvgIpc) is 2.46. The van der Waals surface area contributed by atoms with Crippen LogP contribution in [0.4, 0.5) is 11.6 Å². The number of rotatable bonds is 4. The molecule has 1 heterocycles. The van der Waals surface area contributed by atoms with Crippen LogP contribution >= 0.6 is 0 Å². The molecule has 0 aliphatic carbocycles. The summed E-state index contributed by atoms with van der Waals surface area (Å²) in [5.74, 6) is 1.27. The third-order valence-electron chi connectivity index (χ3n) is 2.74. The molecule has 0 spiro atoms. The monoisotopic (exact) mass is 253 g/mol. The molecular formula is C14H15N5. The fourth-order valence-electron chi connectivity index (χ4n) is 1.58. The van der Waals surface area contributed by atoms with Crippen LogP contribution in [0.25, 0.3) is 0 Å². The van der Waals surface area contributed by atoms with Crippen molar-refractivity contribution in [1.82, 2.24) is 9.97 Å². The second kappa shape index (κ2) is 5.83. The molecule has 0 amide bonds. The summed E-state index contributed by atoms with van der Waals surface area (Å²) in [6, 6.07) is 10.0. The molecule has 2 aromatic rings. The summed E-state index contributed by atoms with van der Waals surface area (Å²) in [6.45, 7) is 2.75. The lowest BCUT2D eigenvalue weighted by Crippen LogP contribution is -2.11. The van der Waals surface area contributed by atoms with Gasteiger partial charge < -0.3 is 5.32 Å². The van der Waals surface area contributed by atoms with Crippen LogP contribution in [0.15, 0.2) is 36.7 Å². The van der Waals surface area contributed by atoms with Crippen molar-refractivity contribution in [2.75, 3.05) is 17.3 Å². The van der Waals surface area contributed by atoms with Crippen molar-refractivity contribution >= 4 is 11.6 Å². The second-order valence-electron chi connectivity index (χ2n) is 4.26. The molecule has 1 N–H and O–H groups in total. The fourth-order valence-corrected chi connectivity index (χ4v) is 1.58. The zero-order chi connectivity index (χ0) is 13.7. The van der Waals surface area contributed by atoms with Gasteiger partial charge in [-0.3, -0.25) is 4.90 Å². The Labute approximate surface area is 112 Å². The van der Waals surface area contributed by atoms with Crippen LogP contribution in [-0.4, -0.2) is 17.0 Å². The van der Waals surface area contributed by atoms with E-state index in [4.69, 9.17) is 5.26 Å². The Hall–Kier alpha value is -2.61. The summed E-state index contributed by atoms with van der Waals surface area (Å²) in [7, 11) is 1.66. The zero-order valence-corrected chi connectivity index (χ0v) is 11.0. The van der Waals surface area contributed by atoms with Crippen molar-refractivity contribution in [3.05, 3.63) is 47.8 Å². The molecule has 0 bridgehead atoms. The van der Waals surface area contributed by atoms with Gasteiger partial charge in [0.2, 0.25) is 0 Å². The van der Waals surface area contributed by atoms with Crippen LogP contribution in [-0.2, 0) is 6.54 Å². The molecule has 0 saturated heterocycles. The van der Waals surface area contributed by atoms with Crippen LogP contribution in [0, 0.1) is 18.4 Å². The summed E-state index contributed by atoms with van der Waals surface area (Å²) in [4.78, 5) is 9.55. The molecule has 2 rings (SSSR count). The molecule has 0 aliphatic heterocycles. The maximum atomic E-state index is 8.81. The Balaban J connectivity index is 2.04. The van der Waals surface area contributed by atoms with E-state index in [0.717, 1.165) is 0 Å². The van der Waals surface area contributed by atoms with E-state index in [1.54, 1.807) is 13.1 Å². The van der Waals surface area contributed by atoms with Gasteiger partial charge in [0, 0.05) is 19.7 Å². The number of aryl methyl sites for hydroxylation is 1. The Morgan fingerprint density at radius 2 is 2.00 bits per heavy atom. The predicted molar refractivity (Wildman–Crippen MR) is 74.6 cm³/mol. The van der Waals surface area contributed by atoms with Crippen LogP contribution in [0.1, 0.15) is 11.1 Å². The van der Waals surface area contributed by atoms with E-state index < -0.39 is 0 Å². The molecule has 5 heteroatoms. The minimum atomic E-state index is 0.573. The largest absolute Gasteiger partial charge is 0.366 e. The maximum absolute atomic E-state index is 8.81. The molecule has 0 saturated carbocycles. The van der Waals surface area contributed by atoms with Gasteiger partial charge in [0.15, 0.2) is 6.19 Å². The highest BCUT2D eigenvalue weighted by atomic mass is 15.2. The summed E-state index contributed by atoms with van der Waals surface area (Å²) >= 11 is 0. The smallest absolute Gasteiger partial charge is 0.185 e. The molecule has 96 valence electrons. The number of anilines is 2. The molecule has 0 atom stereocenters. The van der Waals surface area contributed by atoms with Crippen LogP contribution < -0.4 is 10.2 Å². The number of benzene rings is 1. The number of nitrogens with one attached hydrogen (secondary N) is 1. The van der Waals surface area contributed by atoms with Crippen molar-refractivity contribution in [1.29, 1.82) is 5.26 Å². The standard InChI is InChI=1S/C14H15N5/c1-11-3-5-12(6-4-11)8-16-13-7-14(18-10-17-13)19(2)9-15/h3-7,10H,8H2,1-2H3,(H,16,17,18). The molecule has 0 radical (unpaired) electrons. The first-order valence-corrected chi connectivity index (χ1v) is 5.94. The fraction of sp³-hybridized carbons (Fsp3) is 0.214. The summed E-state index contributed by atoms with van der Waals surface area (Å²) in [6.07, 6.45) is 3.45. The van der Waals surface area contributed by atoms with E-state index >= 15 is 0 Å². The molecule has 5 nitrogen and oxygen atoms in total. The average molecular weight is 253 g/mol. The van der Waals surface area contributed by atoms with Gasteiger partial charge >= 0.3 is 0 Å². The first kappa shape index (κ1) is 12.8. The molecular weight excluding hydrogens is 238 g/mol. The number of nitriles is 1. The van der Waals surface area contributed by atoms with Gasteiger partial charge in [-0.15, -0.1) is 0 Å². The number of aromatic nitrogens is 2. The lowest BCUT2D eigenvalue weighted by Gasteiger charge is -2.10. The van der Waals surface area contributed by atoms with Gasteiger partial charge in [0.25, 0.3) is 0 Å². The van der Waals surface area contributed by atoms with Gasteiger partial charge in [0.05, 0.1) is 0 Å². The van der Waals surface area contributed by atoms with Crippen molar-refractivity contribution in [3.63, 3.8) is 0 Å². The first-order valence-electron chi connectivity index (χ1n) is 5.94. The summed E-state index contributed by atoms with van der Waals surface area (Å²) < 4.78 is 0. The SMILES string of the molecule is Cc1ccc(CNc2cc(N(C)C#N)ncn2)cc1. The summed E-state index contributed by atoms with van der Waals surface area (Å²) in [5.41, 5.74) is 2.42. The molecule has 1 aromatic heterocycles. The normalized spacial score (nSPS) is 9.74. The molecule has 0 unspecified atom stereocenters. The van der Waals surface area contributed by atoms with Crippen LogP contribution in [0.5, 0.6) is 0 Å². The van der Waals surface area contributed by atoms with Gasteiger partial charge in [0.1, 0.15) is 18.0 Å². The Bertz CT molecular complexity index is 586. The molecule has 0 fully saturated rings. The van der Waals surface area contributed by atoms with Gasteiger partial charge in [-0.25, -0.2) is 9.97 Å². The maximum Gasteiger partial charge on any atom is 0.185 e. The topological polar surface area (TPSA) is 64.8 Å². The molecule has 1 aromatic carbocycles. The number of hydrogen-bond acceptors (Lipinski definition) is 5. The van der Waals surface area contributed by atoms with Gasteiger partial charge in [-0.05, 0) is 12.5 Å². The Morgan fingerprint density at radius 3 is 2.68 bits per heavy atom.